The summed E-state index contributed by atoms with van der Waals surface area (Å²) in [5.74, 6) is 1.21. The van der Waals surface area contributed by atoms with Gasteiger partial charge in [0.1, 0.15) is 5.75 Å². The van der Waals surface area contributed by atoms with Gasteiger partial charge in [-0.15, -0.1) is 0 Å². The molecule has 6 heteroatoms. The number of carbonyl (C=O) groups is 1. The van der Waals surface area contributed by atoms with Gasteiger partial charge >= 0.3 is 0 Å². The fourth-order valence-corrected chi connectivity index (χ4v) is 4.10. The Labute approximate surface area is 165 Å². The van der Waals surface area contributed by atoms with Gasteiger partial charge in [-0.25, -0.2) is 0 Å². The number of pyridine rings is 1. The Hall–Kier alpha value is -2.44. The Balaban J connectivity index is 1.41. The summed E-state index contributed by atoms with van der Waals surface area (Å²) in [6.07, 6.45) is 5.64. The molecule has 1 aromatic carbocycles. The standard InChI is InChI=1S/C22H27N3O3/c1-25(13-15-4-7-23-8-5-15)14-21(27)24-22(18-11-19(26)12-18)17-2-3-20-16(10-17)6-9-28-20/h2-5,7-8,10,18-19,22,26H,6,9,11-14H2,1H3,(H,24,27). The summed E-state index contributed by atoms with van der Waals surface area (Å²) >= 11 is 0. The predicted molar refractivity (Wildman–Crippen MR) is 106 cm³/mol. The number of ether oxygens (including phenoxy) is 1. The Morgan fingerprint density at radius 3 is 2.86 bits per heavy atom. The number of nitrogens with zero attached hydrogens (tertiary/aromatic N) is 2. The smallest absolute Gasteiger partial charge is 0.234 e. The molecule has 0 spiro atoms. The van der Waals surface area contributed by atoms with Crippen molar-refractivity contribution in [2.75, 3.05) is 20.2 Å². The zero-order valence-corrected chi connectivity index (χ0v) is 16.2. The third kappa shape index (κ3) is 4.34. The number of aliphatic hydroxyl groups excluding tert-OH is 1. The second kappa shape index (κ2) is 8.29. The van der Waals surface area contributed by atoms with Gasteiger partial charge in [-0.05, 0) is 66.8 Å². The van der Waals surface area contributed by atoms with Crippen molar-refractivity contribution >= 4 is 5.91 Å². The highest BCUT2D eigenvalue weighted by molar-refractivity contribution is 5.78. The second-order valence-corrected chi connectivity index (χ2v) is 7.92. The maximum atomic E-state index is 12.7. The highest BCUT2D eigenvalue weighted by Gasteiger charge is 2.36. The molecule has 1 aliphatic carbocycles. The largest absolute Gasteiger partial charge is 0.493 e. The average Bonchev–Trinajstić information content (AvgIpc) is 3.12. The van der Waals surface area contributed by atoms with E-state index in [2.05, 4.69) is 16.4 Å². The number of carbonyl (C=O) groups excluding carboxylic acids is 1. The number of aliphatic hydroxyl groups is 1. The summed E-state index contributed by atoms with van der Waals surface area (Å²) in [5, 5.41) is 13.0. The molecule has 1 fully saturated rings. The number of likely N-dealkylation sites (N-methyl/N-ethyl adjacent to an activating group) is 1. The summed E-state index contributed by atoms with van der Waals surface area (Å²) in [6, 6.07) is 10.0. The summed E-state index contributed by atoms with van der Waals surface area (Å²) < 4.78 is 5.60. The number of nitrogens with one attached hydrogen (secondary N) is 1. The van der Waals surface area contributed by atoms with Gasteiger partial charge < -0.3 is 15.2 Å². The molecule has 1 aromatic heterocycles. The van der Waals surface area contributed by atoms with Crippen LogP contribution < -0.4 is 10.1 Å². The Kier molecular flexibility index (Phi) is 5.59. The Morgan fingerprint density at radius 1 is 1.32 bits per heavy atom. The van der Waals surface area contributed by atoms with Gasteiger partial charge in [0.25, 0.3) is 0 Å². The fraction of sp³-hybridized carbons (Fsp3) is 0.455. The zero-order chi connectivity index (χ0) is 19.5. The van der Waals surface area contributed by atoms with Crippen molar-refractivity contribution in [1.82, 2.24) is 15.2 Å². The van der Waals surface area contributed by atoms with Crippen LogP contribution in [0.4, 0.5) is 0 Å². The van der Waals surface area contributed by atoms with Gasteiger partial charge in [-0.1, -0.05) is 6.07 Å². The van der Waals surface area contributed by atoms with Crippen LogP contribution >= 0.6 is 0 Å². The molecular formula is C22H27N3O3. The molecule has 6 nitrogen and oxygen atoms in total. The van der Waals surface area contributed by atoms with Gasteiger partial charge in [-0.2, -0.15) is 0 Å². The van der Waals surface area contributed by atoms with E-state index in [1.165, 1.54) is 5.56 Å². The summed E-state index contributed by atoms with van der Waals surface area (Å²) in [7, 11) is 1.94. The lowest BCUT2D eigenvalue weighted by molar-refractivity contribution is -0.124. The van der Waals surface area contributed by atoms with Crippen LogP contribution in [0.15, 0.2) is 42.7 Å². The van der Waals surface area contributed by atoms with Crippen LogP contribution in [0.25, 0.3) is 0 Å². The topological polar surface area (TPSA) is 74.7 Å². The van der Waals surface area contributed by atoms with E-state index in [0.717, 1.165) is 42.7 Å². The minimum Gasteiger partial charge on any atom is -0.493 e. The molecule has 0 bridgehead atoms. The maximum absolute atomic E-state index is 12.7. The number of amides is 1. The van der Waals surface area contributed by atoms with Crippen LogP contribution in [0.2, 0.25) is 0 Å². The van der Waals surface area contributed by atoms with Crippen LogP contribution in [-0.4, -0.2) is 47.2 Å². The molecule has 2 aliphatic rings. The van der Waals surface area contributed by atoms with Crippen LogP contribution in [0.3, 0.4) is 0 Å². The van der Waals surface area contributed by atoms with Gasteiger partial charge in [0.2, 0.25) is 5.91 Å². The average molecular weight is 381 g/mol. The van der Waals surface area contributed by atoms with Gasteiger partial charge in [0.15, 0.2) is 0 Å². The molecule has 1 aliphatic heterocycles. The fourth-order valence-electron chi connectivity index (χ4n) is 4.10. The Morgan fingerprint density at radius 2 is 2.11 bits per heavy atom. The number of benzene rings is 1. The van der Waals surface area contributed by atoms with E-state index in [1.807, 2.05) is 36.2 Å². The number of hydrogen-bond acceptors (Lipinski definition) is 5. The van der Waals surface area contributed by atoms with E-state index >= 15 is 0 Å². The van der Waals surface area contributed by atoms with Crippen LogP contribution in [0.1, 0.15) is 35.6 Å². The highest BCUT2D eigenvalue weighted by atomic mass is 16.5. The van der Waals surface area contributed by atoms with Crippen molar-refractivity contribution in [3.8, 4) is 5.75 Å². The molecule has 4 rings (SSSR count). The number of hydrogen-bond donors (Lipinski definition) is 2. The zero-order valence-electron chi connectivity index (χ0n) is 16.2. The molecule has 0 radical (unpaired) electrons. The number of aromatic nitrogens is 1. The molecule has 2 aromatic rings. The van der Waals surface area contributed by atoms with Gasteiger partial charge in [0, 0.05) is 25.4 Å². The van der Waals surface area contributed by atoms with Crippen LogP contribution in [0.5, 0.6) is 5.75 Å². The molecule has 148 valence electrons. The first kappa shape index (κ1) is 18.9. The van der Waals surface area contributed by atoms with Crippen molar-refractivity contribution < 1.29 is 14.6 Å². The summed E-state index contributed by atoms with van der Waals surface area (Å²) in [4.78, 5) is 18.8. The second-order valence-electron chi connectivity index (χ2n) is 7.92. The SMILES string of the molecule is CN(CC(=O)NC(c1ccc2c(c1)CCO2)C1CC(O)C1)Cc1ccncc1. The number of fused-ring (bicyclic) bond motifs is 1. The first-order valence-corrected chi connectivity index (χ1v) is 9.89. The molecule has 1 saturated carbocycles. The third-order valence-electron chi connectivity index (χ3n) is 5.63. The van der Waals surface area contributed by atoms with Crippen molar-refractivity contribution in [3.05, 3.63) is 59.4 Å². The quantitative estimate of drug-likeness (QED) is 0.768. The highest BCUT2D eigenvalue weighted by Crippen LogP contribution is 2.39. The van der Waals surface area contributed by atoms with Crippen molar-refractivity contribution in [2.24, 2.45) is 5.92 Å². The first-order valence-electron chi connectivity index (χ1n) is 9.89. The molecule has 1 amide bonds. The molecular weight excluding hydrogens is 354 g/mol. The minimum absolute atomic E-state index is 0.000283. The van der Waals surface area contributed by atoms with Gasteiger partial charge in [-0.3, -0.25) is 14.7 Å². The summed E-state index contributed by atoms with van der Waals surface area (Å²) in [5.41, 5.74) is 3.43. The lowest BCUT2D eigenvalue weighted by Crippen LogP contribution is -2.44. The van der Waals surface area contributed by atoms with E-state index in [0.29, 0.717) is 13.1 Å². The summed E-state index contributed by atoms with van der Waals surface area (Å²) in [6.45, 7) is 1.73. The van der Waals surface area contributed by atoms with E-state index < -0.39 is 0 Å². The molecule has 2 N–H and O–H groups in total. The molecule has 28 heavy (non-hydrogen) atoms. The number of rotatable bonds is 7. The van der Waals surface area contributed by atoms with E-state index in [9.17, 15) is 9.90 Å². The lowest BCUT2D eigenvalue weighted by atomic mass is 9.75. The predicted octanol–water partition coefficient (Wildman–Crippen LogP) is 2.08. The molecule has 2 heterocycles. The van der Waals surface area contributed by atoms with Crippen molar-refractivity contribution in [1.29, 1.82) is 0 Å². The van der Waals surface area contributed by atoms with E-state index in [4.69, 9.17) is 4.74 Å². The molecule has 1 atom stereocenters. The van der Waals surface area contributed by atoms with E-state index in [1.54, 1.807) is 12.4 Å². The monoisotopic (exact) mass is 381 g/mol. The third-order valence-corrected chi connectivity index (χ3v) is 5.63. The van der Waals surface area contributed by atoms with Crippen molar-refractivity contribution in [3.63, 3.8) is 0 Å². The molecule has 1 unspecified atom stereocenters. The first-order chi connectivity index (χ1) is 13.6. The van der Waals surface area contributed by atoms with Gasteiger partial charge in [0.05, 0.1) is 25.3 Å². The Bertz CT molecular complexity index is 821. The normalized spacial score (nSPS) is 21.5. The lowest BCUT2D eigenvalue weighted by Gasteiger charge is -2.38. The van der Waals surface area contributed by atoms with Crippen LogP contribution in [0, 0.1) is 5.92 Å². The van der Waals surface area contributed by atoms with E-state index in [-0.39, 0.29) is 24.0 Å². The molecule has 0 saturated heterocycles. The van der Waals surface area contributed by atoms with Crippen LogP contribution in [-0.2, 0) is 17.8 Å². The minimum atomic E-state index is -0.253. The van der Waals surface area contributed by atoms with Crippen molar-refractivity contribution in [2.45, 2.75) is 38.0 Å². The maximum Gasteiger partial charge on any atom is 0.234 e.